The van der Waals surface area contributed by atoms with Crippen LogP contribution < -0.4 is 10.1 Å². The number of carboxylic acids is 1. The molecule has 2 heterocycles. The minimum atomic E-state index is -1.28. The van der Waals surface area contributed by atoms with Gasteiger partial charge in [-0.2, -0.15) is 5.10 Å². The summed E-state index contributed by atoms with van der Waals surface area (Å²) in [5.41, 5.74) is 0.205. The first-order valence-electron chi connectivity index (χ1n) is 4.99. The zero-order valence-electron chi connectivity index (χ0n) is 9.49. The second-order valence-corrected chi connectivity index (χ2v) is 3.38. The third kappa shape index (κ3) is 2.05. The van der Waals surface area contributed by atoms with Crippen LogP contribution in [0.3, 0.4) is 0 Å². The fraction of sp³-hybridized carbons (Fsp3) is 0.0909. The molecule has 7 heteroatoms. The van der Waals surface area contributed by atoms with Crippen molar-refractivity contribution in [3.8, 4) is 11.4 Å². The van der Waals surface area contributed by atoms with Crippen molar-refractivity contribution >= 4 is 5.97 Å². The van der Waals surface area contributed by atoms with Crippen LogP contribution >= 0.6 is 0 Å². The first kappa shape index (κ1) is 11.8. The molecule has 0 amide bonds. The van der Waals surface area contributed by atoms with Crippen molar-refractivity contribution in [1.82, 2.24) is 14.8 Å². The van der Waals surface area contributed by atoms with Crippen LogP contribution in [0.15, 0.2) is 30.7 Å². The minimum Gasteiger partial charge on any atom is -0.493 e. The third-order valence-electron chi connectivity index (χ3n) is 2.26. The zero-order chi connectivity index (χ0) is 13.1. The van der Waals surface area contributed by atoms with Crippen molar-refractivity contribution < 1.29 is 14.6 Å². The van der Waals surface area contributed by atoms with Crippen molar-refractivity contribution in [1.29, 1.82) is 5.41 Å². The van der Waals surface area contributed by atoms with Gasteiger partial charge in [0.1, 0.15) is 5.36 Å². The molecule has 0 radical (unpaired) electrons. The molecule has 0 aliphatic rings. The Labute approximate surface area is 102 Å². The summed E-state index contributed by atoms with van der Waals surface area (Å²) in [5.74, 6) is -1.15. The van der Waals surface area contributed by atoms with Gasteiger partial charge >= 0.3 is 5.97 Å². The van der Waals surface area contributed by atoms with Crippen molar-refractivity contribution in [2.24, 2.45) is 0 Å². The van der Waals surface area contributed by atoms with Crippen LogP contribution in [-0.2, 0) is 0 Å². The number of carbonyl (C=O) groups is 1. The number of nitrogens with one attached hydrogen (secondary N) is 1. The Balaban J connectivity index is 2.67. The molecule has 0 aromatic carbocycles. The molecule has 2 aromatic heterocycles. The Kier molecular flexibility index (Phi) is 3.05. The Morgan fingerprint density at radius 2 is 2.33 bits per heavy atom. The van der Waals surface area contributed by atoms with E-state index in [1.165, 1.54) is 24.2 Å². The van der Waals surface area contributed by atoms with Gasteiger partial charge in [0.15, 0.2) is 11.4 Å². The molecule has 2 rings (SSSR count). The summed E-state index contributed by atoms with van der Waals surface area (Å²) >= 11 is 0. The maximum Gasteiger partial charge on any atom is 0.358 e. The number of carboxylic acid groups (broad SMARTS) is 1. The monoisotopic (exact) mass is 246 g/mol. The first-order valence-corrected chi connectivity index (χ1v) is 4.99. The molecule has 2 aromatic rings. The van der Waals surface area contributed by atoms with Crippen LogP contribution in [0, 0.1) is 5.41 Å². The second kappa shape index (κ2) is 4.66. The number of aromatic nitrogens is 3. The molecule has 0 bridgehead atoms. The molecule has 2 N–H and O–H groups in total. The van der Waals surface area contributed by atoms with E-state index in [2.05, 4.69) is 10.1 Å². The zero-order valence-corrected chi connectivity index (χ0v) is 9.49. The largest absolute Gasteiger partial charge is 0.493 e. The molecular weight excluding hydrogens is 236 g/mol. The number of nitrogens with zero attached hydrogens (tertiary/aromatic N) is 3. The summed E-state index contributed by atoms with van der Waals surface area (Å²) in [7, 11) is 1.37. The Morgan fingerprint density at radius 1 is 1.56 bits per heavy atom. The molecule has 0 saturated heterocycles. The third-order valence-corrected chi connectivity index (χ3v) is 2.26. The van der Waals surface area contributed by atoms with Crippen LogP contribution in [0.4, 0.5) is 0 Å². The van der Waals surface area contributed by atoms with Gasteiger partial charge in [0.2, 0.25) is 0 Å². The van der Waals surface area contributed by atoms with Crippen molar-refractivity contribution in [3.63, 3.8) is 0 Å². The van der Waals surface area contributed by atoms with Gasteiger partial charge in [-0.05, 0) is 12.1 Å². The fourth-order valence-electron chi connectivity index (χ4n) is 1.40. The maximum absolute atomic E-state index is 11.0. The molecule has 0 unspecified atom stereocenters. The summed E-state index contributed by atoms with van der Waals surface area (Å²) in [6, 6.07) is 3.42. The molecule has 0 fully saturated rings. The molecule has 0 aliphatic carbocycles. The molecule has 18 heavy (non-hydrogen) atoms. The predicted molar refractivity (Wildman–Crippen MR) is 60.7 cm³/mol. The van der Waals surface area contributed by atoms with E-state index < -0.39 is 5.97 Å². The van der Waals surface area contributed by atoms with Crippen molar-refractivity contribution in [3.05, 3.63) is 41.8 Å². The van der Waals surface area contributed by atoms with Gasteiger partial charge in [0.25, 0.3) is 0 Å². The molecule has 92 valence electrons. The van der Waals surface area contributed by atoms with E-state index >= 15 is 0 Å². The first-order chi connectivity index (χ1) is 8.63. The maximum atomic E-state index is 11.0. The van der Waals surface area contributed by atoms with E-state index in [9.17, 15) is 4.79 Å². The highest BCUT2D eigenvalue weighted by Gasteiger charge is 2.14. The SMILES string of the molecule is COc1cn(-c2cccnc2)nc(C(=O)O)c1=N. The van der Waals surface area contributed by atoms with Gasteiger partial charge in [-0.25, -0.2) is 9.48 Å². The number of hydrogen-bond donors (Lipinski definition) is 2. The van der Waals surface area contributed by atoms with Crippen molar-refractivity contribution in [2.45, 2.75) is 0 Å². The second-order valence-electron chi connectivity index (χ2n) is 3.38. The normalized spacial score (nSPS) is 10.1. The van der Waals surface area contributed by atoms with Gasteiger partial charge in [-0.15, -0.1) is 0 Å². The van der Waals surface area contributed by atoms with E-state index in [0.29, 0.717) is 5.69 Å². The number of pyridine rings is 1. The summed E-state index contributed by atoms with van der Waals surface area (Å²) in [6.07, 6.45) is 4.56. The summed E-state index contributed by atoms with van der Waals surface area (Å²) in [6.45, 7) is 0. The summed E-state index contributed by atoms with van der Waals surface area (Å²) < 4.78 is 6.28. The Bertz CT molecular complexity index is 636. The molecular formula is C11H10N4O3. The number of aromatic carboxylic acids is 1. The molecule has 0 spiro atoms. The van der Waals surface area contributed by atoms with E-state index in [0.717, 1.165) is 0 Å². The number of methoxy groups -OCH3 is 1. The van der Waals surface area contributed by atoms with Gasteiger partial charge in [-0.3, -0.25) is 10.4 Å². The lowest BCUT2D eigenvalue weighted by Gasteiger charge is -2.09. The van der Waals surface area contributed by atoms with E-state index in [1.807, 2.05) is 0 Å². The predicted octanol–water partition coefficient (Wildman–Crippen LogP) is 0.454. The molecule has 0 saturated carbocycles. The van der Waals surface area contributed by atoms with Gasteiger partial charge in [0, 0.05) is 6.20 Å². The van der Waals surface area contributed by atoms with Crippen LogP contribution in [-0.4, -0.2) is 33.0 Å². The smallest absolute Gasteiger partial charge is 0.358 e. The average molecular weight is 246 g/mol. The lowest BCUT2D eigenvalue weighted by atomic mass is 10.3. The number of hydrogen-bond acceptors (Lipinski definition) is 5. The summed E-state index contributed by atoms with van der Waals surface area (Å²) in [4.78, 5) is 14.9. The molecule has 7 nitrogen and oxygen atoms in total. The van der Waals surface area contributed by atoms with Crippen molar-refractivity contribution in [2.75, 3.05) is 7.11 Å². The lowest BCUT2D eigenvalue weighted by Crippen LogP contribution is -2.22. The molecule has 0 atom stereocenters. The van der Waals surface area contributed by atoms with Crippen LogP contribution in [0.5, 0.6) is 5.75 Å². The van der Waals surface area contributed by atoms with Crippen LogP contribution in [0.2, 0.25) is 0 Å². The Hall–Kier alpha value is -2.70. The quantitative estimate of drug-likeness (QED) is 0.818. The average Bonchev–Trinajstić information content (AvgIpc) is 2.39. The van der Waals surface area contributed by atoms with Gasteiger partial charge in [0.05, 0.1) is 25.2 Å². The highest BCUT2D eigenvalue weighted by atomic mass is 16.5. The summed E-state index contributed by atoms with van der Waals surface area (Å²) in [5, 5.41) is 20.2. The van der Waals surface area contributed by atoms with Crippen LogP contribution in [0.1, 0.15) is 10.5 Å². The lowest BCUT2D eigenvalue weighted by molar-refractivity contribution is 0.0685. The number of rotatable bonds is 3. The van der Waals surface area contributed by atoms with Crippen LogP contribution in [0.25, 0.3) is 5.69 Å². The van der Waals surface area contributed by atoms with Gasteiger partial charge in [-0.1, -0.05) is 0 Å². The highest BCUT2D eigenvalue weighted by molar-refractivity contribution is 5.85. The minimum absolute atomic E-state index is 0.131. The highest BCUT2D eigenvalue weighted by Crippen LogP contribution is 2.08. The topological polar surface area (TPSA) is 101 Å². The van der Waals surface area contributed by atoms with Gasteiger partial charge < -0.3 is 9.84 Å². The van der Waals surface area contributed by atoms with E-state index in [1.54, 1.807) is 18.3 Å². The Morgan fingerprint density at radius 3 is 2.89 bits per heavy atom. The number of ether oxygens (including phenoxy) is 1. The fourth-order valence-corrected chi connectivity index (χ4v) is 1.40. The molecule has 0 aliphatic heterocycles. The van der Waals surface area contributed by atoms with E-state index in [-0.39, 0.29) is 16.8 Å². The standard InChI is InChI=1S/C11H10N4O3/c1-18-8-6-15(7-3-2-4-13-5-7)14-10(9(8)12)11(16)17/h2-6,12H,1H3,(H,16,17). The van der Waals surface area contributed by atoms with E-state index in [4.69, 9.17) is 15.3 Å².